The molecule has 80 valence electrons. The van der Waals surface area contributed by atoms with Gasteiger partial charge in [0.15, 0.2) is 0 Å². The van der Waals surface area contributed by atoms with Gasteiger partial charge in [-0.25, -0.2) is 0 Å². The standard InChI is InChI=1S/C11H19NOS/c1-9(13)7-12-8-11(2,3)10-5-4-6-14-10/h4-6,9,12-13H,7-8H2,1-3H3/t9-/m1/s1. The first-order valence-electron chi connectivity index (χ1n) is 4.95. The topological polar surface area (TPSA) is 32.3 Å². The highest BCUT2D eigenvalue weighted by atomic mass is 32.1. The van der Waals surface area contributed by atoms with Crippen LogP contribution in [0.2, 0.25) is 0 Å². The molecule has 3 heteroatoms. The van der Waals surface area contributed by atoms with Crippen molar-refractivity contribution in [3.05, 3.63) is 22.4 Å². The minimum atomic E-state index is -0.269. The van der Waals surface area contributed by atoms with E-state index in [0.717, 1.165) is 6.54 Å². The Bertz CT molecular complexity index is 254. The number of aliphatic hydroxyl groups is 1. The molecular formula is C11H19NOS. The normalized spacial score (nSPS) is 14.3. The molecule has 0 aliphatic rings. The van der Waals surface area contributed by atoms with Gasteiger partial charge in [-0.3, -0.25) is 0 Å². The van der Waals surface area contributed by atoms with Crippen LogP contribution in [0, 0.1) is 0 Å². The number of hydrogen-bond donors (Lipinski definition) is 2. The molecule has 0 unspecified atom stereocenters. The first-order valence-corrected chi connectivity index (χ1v) is 5.83. The molecule has 0 spiro atoms. The summed E-state index contributed by atoms with van der Waals surface area (Å²) in [7, 11) is 0. The van der Waals surface area contributed by atoms with E-state index in [1.54, 1.807) is 18.3 Å². The fourth-order valence-corrected chi connectivity index (χ4v) is 2.20. The molecule has 1 rings (SSSR count). The van der Waals surface area contributed by atoms with E-state index in [0.29, 0.717) is 6.54 Å². The first-order chi connectivity index (χ1) is 6.52. The Morgan fingerprint density at radius 2 is 2.29 bits per heavy atom. The van der Waals surface area contributed by atoms with Crippen LogP contribution >= 0.6 is 11.3 Å². The van der Waals surface area contributed by atoms with Crippen molar-refractivity contribution in [1.29, 1.82) is 0 Å². The van der Waals surface area contributed by atoms with Gasteiger partial charge >= 0.3 is 0 Å². The van der Waals surface area contributed by atoms with E-state index in [4.69, 9.17) is 5.11 Å². The molecule has 0 bridgehead atoms. The molecule has 0 aromatic carbocycles. The molecular weight excluding hydrogens is 194 g/mol. The summed E-state index contributed by atoms with van der Waals surface area (Å²) in [6, 6.07) is 4.24. The number of rotatable bonds is 5. The Balaban J connectivity index is 2.42. The van der Waals surface area contributed by atoms with Crippen LogP contribution in [-0.4, -0.2) is 24.3 Å². The van der Waals surface area contributed by atoms with Crippen LogP contribution in [0.3, 0.4) is 0 Å². The molecule has 1 heterocycles. The van der Waals surface area contributed by atoms with Crippen molar-refractivity contribution in [2.45, 2.75) is 32.3 Å². The number of nitrogens with one attached hydrogen (secondary N) is 1. The molecule has 2 N–H and O–H groups in total. The quantitative estimate of drug-likeness (QED) is 0.784. The molecule has 2 nitrogen and oxygen atoms in total. The van der Waals surface area contributed by atoms with Crippen LogP contribution in [0.1, 0.15) is 25.6 Å². The number of thiophene rings is 1. The van der Waals surface area contributed by atoms with Gasteiger partial charge < -0.3 is 10.4 Å². The highest BCUT2D eigenvalue weighted by molar-refractivity contribution is 7.10. The third-order valence-corrected chi connectivity index (χ3v) is 3.43. The SMILES string of the molecule is C[C@@H](O)CNCC(C)(C)c1cccs1. The van der Waals surface area contributed by atoms with Crippen molar-refractivity contribution in [1.82, 2.24) is 5.32 Å². The van der Waals surface area contributed by atoms with Gasteiger partial charge in [0.05, 0.1) is 6.10 Å². The highest BCUT2D eigenvalue weighted by Gasteiger charge is 2.20. The van der Waals surface area contributed by atoms with Gasteiger partial charge in [-0.2, -0.15) is 0 Å². The fraction of sp³-hybridized carbons (Fsp3) is 0.636. The lowest BCUT2D eigenvalue weighted by atomic mass is 9.91. The maximum atomic E-state index is 9.12. The zero-order chi connectivity index (χ0) is 10.6. The van der Waals surface area contributed by atoms with Gasteiger partial charge in [-0.05, 0) is 18.4 Å². The van der Waals surface area contributed by atoms with Gasteiger partial charge in [-0.1, -0.05) is 19.9 Å². The molecule has 1 aromatic rings. The Morgan fingerprint density at radius 3 is 2.79 bits per heavy atom. The van der Waals surface area contributed by atoms with E-state index in [9.17, 15) is 0 Å². The van der Waals surface area contributed by atoms with Crippen molar-refractivity contribution >= 4 is 11.3 Å². The van der Waals surface area contributed by atoms with E-state index in [1.165, 1.54) is 4.88 Å². The summed E-state index contributed by atoms with van der Waals surface area (Å²) in [5, 5.41) is 14.5. The molecule has 0 saturated heterocycles. The monoisotopic (exact) mass is 213 g/mol. The van der Waals surface area contributed by atoms with Gasteiger partial charge in [0.25, 0.3) is 0 Å². The minimum Gasteiger partial charge on any atom is -0.392 e. The van der Waals surface area contributed by atoms with Gasteiger partial charge in [0, 0.05) is 23.4 Å². The van der Waals surface area contributed by atoms with Crippen LogP contribution < -0.4 is 5.32 Å². The average molecular weight is 213 g/mol. The third-order valence-electron chi connectivity index (χ3n) is 2.19. The molecule has 0 saturated carbocycles. The Labute approximate surface area is 90.0 Å². The second-order valence-electron chi connectivity index (χ2n) is 4.34. The smallest absolute Gasteiger partial charge is 0.0636 e. The number of hydrogen-bond acceptors (Lipinski definition) is 3. The van der Waals surface area contributed by atoms with Crippen LogP contribution in [0.15, 0.2) is 17.5 Å². The molecule has 1 atom stereocenters. The minimum absolute atomic E-state index is 0.156. The van der Waals surface area contributed by atoms with E-state index in [2.05, 4.69) is 36.7 Å². The molecule has 1 aromatic heterocycles. The lowest BCUT2D eigenvalue weighted by Crippen LogP contribution is -2.35. The second kappa shape index (κ2) is 4.91. The Kier molecular flexibility index (Phi) is 4.11. The molecule has 0 radical (unpaired) electrons. The Hall–Kier alpha value is -0.380. The van der Waals surface area contributed by atoms with Gasteiger partial charge in [0.1, 0.15) is 0 Å². The summed E-state index contributed by atoms with van der Waals surface area (Å²) in [6.45, 7) is 7.79. The lowest BCUT2D eigenvalue weighted by Gasteiger charge is -2.24. The second-order valence-corrected chi connectivity index (χ2v) is 5.29. The number of aliphatic hydroxyl groups excluding tert-OH is 1. The van der Waals surface area contributed by atoms with Crippen LogP contribution in [0.4, 0.5) is 0 Å². The van der Waals surface area contributed by atoms with Crippen molar-refractivity contribution in [2.75, 3.05) is 13.1 Å². The maximum Gasteiger partial charge on any atom is 0.0636 e. The summed E-state index contributed by atoms with van der Waals surface area (Å²) >= 11 is 1.79. The summed E-state index contributed by atoms with van der Waals surface area (Å²) in [5.41, 5.74) is 0.156. The van der Waals surface area contributed by atoms with Crippen LogP contribution in [-0.2, 0) is 5.41 Å². The largest absolute Gasteiger partial charge is 0.392 e. The van der Waals surface area contributed by atoms with Gasteiger partial charge in [0.2, 0.25) is 0 Å². The first kappa shape index (κ1) is 11.7. The molecule has 0 aliphatic carbocycles. The van der Waals surface area contributed by atoms with E-state index >= 15 is 0 Å². The molecule has 0 aliphatic heterocycles. The maximum absolute atomic E-state index is 9.12. The average Bonchev–Trinajstić information content (AvgIpc) is 2.54. The molecule has 0 fully saturated rings. The zero-order valence-electron chi connectivity index (χ0n) is 9.08. The van der Waals surface area contributed by atoms with E-state index < -0.39 is 0 Å². The van der Waals surface area contributed by atoms with Crippen molar-refractivity contribution in [3.8, 4) is 0 Å². The van der Waals surface area contributed by atoms with E-state index in [-0.39, 0.29) is 11.5 Å². The van der Waals surface area contributed by atoms with Crippen LogP contribution in [0.25, 0.3) is 0 Å². The highest BCUT2D eigenvalue weighted by Crippen LogP contribution is 2.26. The molecule has 14 heavy (non-hydrogen) atoms. The third kappa shape index (κ3) is 3.40. The van der Waals surface area contributed by atoms with Crippen molar-refractivity contribution in [2.24, 2.45) is 0 Å². The summed E-state index contributed by atoms with van der Waals surface area (Å²) < 4.78 is 0. The lowest BCUT2D eigenvalue weighted by molar-refractivity contribution is 0.189. The summed E-state index contributed by atoms with van der Waals surface area (Å²) in [5.74, 6) is 0. The van der Waals surface area contributed by atoms with Gasteiger partial charge in [-0.15, -0.1) is 11.3 Å². The zero-order valence-corrected chi connectivity index (χ0v) is 9.90. The molecule has 0 amide bonds. The summed E-state index contributed by atoms with van der Waals surface area (Å²) in [4.78, 5) is 1.38. The fourth-order valence-electron chi connectivity index (χ4n) is 1.34. The summed E-state index contributed by atoms with van der Waals surface area (Å²) in [6.07, 6.45) is -0.269. The predicted molar refractivity (Wildman–Crippen MR) is 61.9 cm³/mol. The van der Waals surface area contributed by atoms with E-state index in [1.807, 2.05) is 0 Å². The predicted octanol–water partition coefficient (Wildman–Crippen LogP) is 2.00. The van der Waals surface area contributed by atoms with Crippen LogP contribution in [0.5, 0.6) is 0 Å². The Morgan fingerprint density at radius 1 is 1.57 bits per heavy atom. The van der Waals surface area contributed by atoms with Crippen molar-refractivity contribution < 1.29 is 5.11 Å². The van der Waals surface area contributed by atoms with Crippen molar-refractivity contribution in [3.63, 3.8) is 0 Å².